The average Bonchev–Trinajstić information content (AvgIpc) is 3.23. The fraction of sp³-hybridized carbons (Fsp3) is 0.250. The third-order valence-corrected chi connectivity index (χ3v) is 5.53. The van der Waals surface area contributed by atoms with Crippen molar-refractivity contribution in [2.75, 3.05) is 21.7 Å². The lowest BCUT2D eigenvalue weighted by Gasteiger charge is -2.07. The van der Waals surface area contributed by atoms with E-state index in [-0.39, 0.29) is 17.7 Å². The number of carbonyl (C=O) groups excluding carboxylic acids is 3. The predicted octanol–water partition coefficient (Wildman–Crippen LogP) is 4.88. The largest absolute Gasteiger partial charge is 0.397 e. The molecule has 0 spiro atoms. The van der Waals surface area contributed by atoms with Crippen LogP contribution in [0.25, 0.3) is 11.3 Å². The molecule has 0 unspecified atom stereocenters. The van der Waals surface area contributed by atoms with Gasteiger partial charge in [-0.05, 0) is 37.1 Å². The van der Waals surface area contributed by atoms with Crippen LogP contribution in [-0.2, 0) is 14.4 Å². The molecular formula is C24H27N5O3S. The van der Waals surface area contributed by atoms with Crippen molar-refractivity contribution in [2.24, 2.45) is 0 Å². The molecule has 0 fully saturated rings. The molecule has 0 bridgehead atoms. The quantitative estimate of drug-likeness (QED) is 0.251. The molecule has 3 rings (SSSR count). The number of nitrogen functional groups attached to an aromatic ring is 1. The van der Waals surface area contributed by atoms with E-state index < -0.39 is 0 Å². The highest BCUT2D eigenvalue weighted by molar-refractivity contribution is 7.14. The third-order valence-electron chi connectivity index (χ3n) is 4.77. The first-order chi connectivity index (χ1) is 15.9. The van der Waals surface area contributed by atoms with E-state index in [1.165, 1.54) is 18.3 Å². The second kappa shape index (κ2) is 11.8. The van der Waals surface area contributed by atoms with Gasteiger partial charge in [0.2, 0.25) is 17.7 Å². The molecule has 5 N–H and O–H groups in total. The van der Waals surface area contributed by atoms with Crippen molar-refractivity contribution in [1.82, 2.24) is 4.98 Å². The number of anilines is 4. The Labute approximate surface area is 196 Å². The van der Waals surface area contributed by atoms with Crippen LogP contribution < -0.4 is 21.7 Å². The van der Waals surface area contributed by atoms with Crippen LogP contribution in [0.1, 0.15) is 39.0 Å². The standard InChI is InChI=1S/C24H27N5O3S/c1-16(30)26-18-9-7-8-17(14-18)21-15-33-24(28-21)29-23(32)13-4-2-3-12-22(31)27-20-11-6-5-10-19(20)25/h5-11,14-15H,2-4,12-13,25H2,1H3,(H,26,30)(H,27,31)(H,28,29,32). The molecule has 0 aliphatic rings. The number of nitrogens with one attached hydrogen (secondary N) is 3. The average molecular weight is 466 g/mol. The van der Waals surface area contributed by atoms with Gasteiger partial charge in [-0.2, -0.15) is 0 Å². The van der Waals surface area contributed by atoms with E-state index in [0.717, 1.165) is 17.7 Å². The topological polar surface area (TPSA) is 126 Å². The molecule has 8 nitrogen and oxygen atoms in total. The molecule has 0 saturated carbocycles. The molecule has 1 heterocycles. The maximum atomic E-state index is 12.2. The first-order valence-electron chi connectivity index (χ1n) is 10.7. The van der Waals surface area contributed by atoms with E-state index in [1.54, 1.807) is 18.2 Å². The minimum atomic E-state index is -0.139. The van der Waals surface area contributed by atoms with Crippen LogP contribution in [0.15, 0.2) is 53.9 Å². The second-order valence-corrected chi connectivity index (χ2v) is 8.40. The van der Waals surface area contributed by atoms with E-state index in [2.05, 4.69) is 20.9 Å². The van der Waals surface area contributed by atoms with Gasteiger partial charge < -0.3 is 21.7 Å². The van der Waals surface area contributed by atoms with Gasteiger partial charge in [-0.3, -0.25) is 14.4 Å². The highest BCUT2D eigenvalue weighted by atomic mass is 32.1. The van der Waals surface area contributed by atoms with Crippen molar-refractivity contribution in [3.8, 4) is 11.3 Å². The minimum Gasteiger partial charge on any atom is -0.397 e. The smallest absolute Gasteiger partial charge is 0.226 e. The second-order valence-electron chi connectivity index (χ2n) is 7.54. The van der Waals surface area contributed by atoms with E-state index >= 15 is 0 Å². The number of para-hydroxylation sites is 2. The maximum absolute atomic E-state index is 12.2. The van der Waals surface area contributed by atoms with Crippen molar-refractivity contribution in [3.05, 3.63) is 53.9 Å². The van der Waals surface area contributed by atoms with Crippen molar-refractivity contribution in [1.29, 1.82) is 0 Å². The summed E-state index contributed by atoms with van der Waals surface area (Å²) in [4.78, 5) is 39.9. The number of nitrogens with two attached hydrogens (primary N) is 1. The lowest BCUT2D eigenvalue weighted by Crippen LogP contribution is -2.13. The summed E-state index contributed by atoms with van der Waals surface area (Å²) < 4.78 is 0. The number of thiazole rings is 1. The first-order valence-corrected chi connectivity index (χ1v) is 11.6. The van der Waals surface area contributed by atoms with Crippen LogP contribution in [0.5, 0.6) is 0 Å². The van der Waals surface area contributed by atoms with Gasteiger partial charge in [-0.25, -0.2) is 4.98 Å². The van der Waals surface area contributed by atoms with E-state index in [0.29, 0.717) is 47.9 Å². The van der Waals surface area contributed by atoms with E-state index in [4.69, 9.17) is 5.73 Å². The predicted molar refractivity (Wildman–Crippen MR) is 133 cm³/mol. The molecule has 0 aliphatic heterocycles. The Hall–Kier alpha value is -3.72. The summed E-state index contributed by atoms with van der Waals surface area (Å²) in [5.41, 5.74) is 9.25. The fourth-order valence-electron chi connectivity index (χ4n) is 3.18. The van der Waals surface area contributed by atoms with Gasteiger partial charge in [0.25, 0.3) is 0 Å². The van der Waals surface area contributed by atoms with Gasteiger partial charge in [0.1, 0.15) is 0 Å². The van der Waals surface area contributed by atoms with Crippen LogP contribution in [0, 0.1) is 0 Å². The number of hydrogen-bond acceptors (Lipinski definition) is 6. The molecule has 1 aromatic heterocycles. The first kappa shape index (κ1) is 23.9. The molecule has 0 aliphatic carbocycles. The summed E-state index contributed by atoms with van der Waals surface area (Å²) in [6.45, 7) is 1.46. The molecule has 0 saturated heterocycles. The SMILES string of the molecule is CC(=O)Nc1cccc(-c2csc(NC(=O)CCCCCC(=O)Nc3ccccc3N)n2)c1. The molecule has 0 atom stereocenters. The summed E-state index contributed by atoms with van der Waals surface area (Å²) in [7, 11) is 0. The summed E-state index contributed by atoms with van der Waals surface area (Å²) in [5.74, 6) is -0.334. The maximum Gasteiger partial charge on any atom is 0.226 e. The Balaban J connectivity index is 1.38. The number of hydrogen-bond donors (Lipinski definition) is 4. The van der Waals surface area contributed by atoms with Gasteiger partial charge in [0, 0.05) is 36.4 Å². The highest BCUT2D eigenvalue weighted by Gasteiger charge is 2.10. The normalized spacial score (nSPS) is 10.5. The molecule has 3 aromatic rings. The molecule has 33 heavy (non-hydrogen) atoms. The van der Waals surface area contributed by atoms with E-state index in [9.17, 15) is 14.4 Å². The number of unbranched alkanes of at least 4 members (excludes halogenated alkanes) is 2. The van der Waals surface area contributed by atoms with Gasteiger partial charge in [-0.1, -0.05) is 30.7 Å². The van der Waals surface area contributed by atoms with Gasteiger partial charge in [-0.15, -0.1) is 11.3 Å². The summed E-state index contributed by atoms with van der Waals surface area (Å²) in [6, 6.07) is 14.5. The number of rotatable bonds is 10. The number of aromatic nitrogens is 1. The van der Waals surface area contributed by atoms with Crippen molar-refractivity contribution in [2.45, 2.75) is 39.0 Å². The summed E-state index contributed by atoms with van der Waals surface area (Å²) in [5, 5.41) is 10.8. The van der Waals surface area contributed by atoms with Gasteiger partial charge >= 0.3 is 0 Å². The number of nitrogens with zero attached hydrogens (tertiary/aromatic N) is 1. The van der Waals surface area contributed by atoms with Crippen LogP contribution in [0.4, 0.5) is 22.2 Å². The van der Waals surface area contributed by atoms with Crippen LogP contribution >= 0.6 is 11.3 Å². The molecular weight excluding hydrogens is 438 g/mol. The Kier molecular flexibility index (Phi) is 8.54. The zero-order valence-corrected chi connectivity index (χ0v) is 19.2. The number of amides is 3. The number of carbonyl (C=O) groups is 3. The number of benzene rings is 2. The Morgan fingerprint density at radius 1 is 0.909 bits per heavy atom. The molecule has 0 radical (unpaired) electrons. The van der Waals surface area contributed by atoms with Crippen LogP contribution in [-0.4, -0.2) is 22.7 Å². The Morgan fingerprint density at radius 3 is 2.36 bits per heavy atom. The summed E-state index contributed by atoms with van der Waals surface area (Å²) in [6.07, 6.45) is 2.88. The van der Waals surface area contributed by atoms with Crippen molar-refractivity contribution < 1.29 is 14.4 Å². The molecule has 172 valence electrons. The summed E-state index contributed by atoms with van der Waals surface area (Å²) >= 11 is 1.35. The van der Waals surface area contributed by atoms with Gasteiger partial charge in [0.05, 0.1) is 17.1 Å². The van der Waals surface area contributed by atoms with Crippen molar-refractivity contribution in [3.63, 3.8) is 0 Å². The Bertz CT molecular complexity index is 1130. The molecule has 2 aromatic carbocycles. The molecule has 9 heteroatoms. The van der Waals surface area contributed by atoms with Crippen molar-refractivity contribution >= 4 is 51.3 Å². The lowest BCUT2D eigenvalue weighted by molar-refractivity contribution is -0.116. The Morgan fingerprint density at radius 2 is 1.64 bits per heavy atom. The zero-order valence-electron chi connectivity index (χ0n) is 18.4. The molecule has 3 amide bonds. The van der Waals surface area contributed by atoms with E-state index in [1.807, 2.05) is 35.7 Å². The highest BCUT2D eigenvalue weighted by Crippen LogP contribution is 2.27. The van der Waals surface area contributed by atoms with Crippen LogP contribution in [0.3, 0.4) is 0 Å². The third kappa shape index (κ3) is 7.73. The monoisotopic (exact) mass is 465 g/mol. The zero-order chi connectivity index (χ0) is 23.6. The minimum absolute atomic E-state index is 0.0877. The fourth-order valence-corrected chi connectivity index (χ4v) is 3.91. The van der Waals surface area contributed by atoms with Crippen LogP contribution in [0.2, 0.25) is 0 Å². The lowest BCUT2D eigenvalue weighted by atomic mass is 10.1. The van der Waals surface area contributed by atoms with Gasteiger partial charge in [0.15, 0.2) is 5.13 Å².